The molecule has 4 nitrogen and oxygen atoms in total. The second-order valence-corrected chi connectivity index (χ2v) is 7.75. The Hall–Kier alpha value is -1.23. The zero-order valence-electron chi connectivity index (χ0n) is 15.3. The van der Waals surface area contributed by atoms with Crippen LogP contribution >= 0.6 is 0 Å². The van der Waals surface area contributed by atoms with Gasteiger partial charge in [0.2, 0.25) is 5.95 Å². The first kappa shape index (κ1) is 17.6. The van der Waals surface area contributed by atoms with Crippen molar-refractivity contribution in [1.29, 1.82) is 0 Å². The minimum absolute atomic E-state index is 0.371. The van der Waals surface area contributed by atoms with Crippen molar-refractivity contribution >= 4 is 5.95 Å². The lowest BCUT2D eigenvalue weighted by Gasteiger charge is -2.39. The molecule has 24 heavy (non-hydrogen) atoms. The van der Waals surface area contributed by atoms with Crippen LogP contribution in [-0.4, -0.2) is 47.1 Å². The fraction of sp³-hybridized carbons (Fsp3) is 0.789. The van der Waals surface area contributed by atoms with Crippen LogP contribution in [0.4, 0.5) is 10.3 Å². The number of hydrogen-bond donors (Lipinski definition) is 0. The molecule has 3 rings (SSSR count). The monoisotopic (exact) mass is 334 g/mol. The quantitative estimate of drug-likeness (QED) is 0.821. The second-order valence-electron chi connectivity index (χ2n) is 7.75. The van der Waals surface area contributed by atoms with Crippen LogP contribution < -0.4 is 4.90 Å². The summed E-state index contributed by atoms with van der Waals surface area (Å²) in [6, 6.07) is 0.740. The van der Waals surface area contributed by atoms with Gasteiger partial charge in [0.1, 0.15) is 0 Å². The molecular weight excluding hydrogens is 303 g/mol. The van der Waals surface area contributed by atoms with Crippen molar-refractivity contribution in [1.82, 2.24) is 14.9 Å². The molecule has 0 radical (unpaired) electrons. The van der Waals surface area contributed by atoms with Gasteiger partial charge in [0.05, 0.1) is 12.4 Å². The third-order valence-corrected chi connectivity index (χ3v) is 6.73. The number of hydrogen-bond acceptors (Lipinski definition) is 4. The topological polar surface area (TPSA) is 32.3 Å². The summed E-state index contributed by atoms with van der Waals surface area (Å²) < 4.78 is 13.0. The van der Waals surface area contributed by atoms with Crippen LogP contribution in [0.3, 0.4) is 0 Å². The highest BCUT2D eigenvalue weighted by Crippen LogP contribution is 2.45. The SMILES string of the molecule is CCC(C)(CC)C1CCC(N2CCN(c3ncc(F)cn3)CC2)C1. The maximum atomic E-state index is 13.0. The summed E-state index contributed by atoms with van der Waals surface area (Å²) >= 11 is 0. The van der Waals surface area contributed by atoms with E-state index in [9.17, 15) is 4.39 Å². The van der Waals surface area contributed by atoms with Gasteiger partial charge in [-0.2, -0.15) is 0 Å². The minimum Gasteiger partial charge on any atom is -0.338 e. The van der Waals surface area contributed by atoms with Gasteiger partial charge in [-0.15, -0.1) is 0 Å². The number of nitrogens with zero attached hydrogens (tertiary/aromatic N) is 4. The lowest BCUT2D eigenvalue weighted by Crippen LogP contribution is -2.50. The summed E-state index contributed by atoms with van der Waals surface area (Å²) in [7, 11) is 0. The molecule has 5 heteroatoms. The van der Waals surface area contributed by atoms with Crippen molar-refractivity contribution < 1.29 is 4.39 Å². The third kappa shape index (κ3) is 3.56. The molecule has 134 valence electrons. The minimum atomic E-state index is -0.371. The number of halogens is 1. The van der Waals surface area contributed by atoms with Gasteiger partial charge in [-0.1, -0.05) is 33.6 Å². The van der Waals surface area contributed by atoms with Gasteiger partial charge in [0, 0.05) is 32.2 Å². The first-order valence-electron chi connectivity index (χ1n) is 9.52. The maximum absolute atomic E-state index is 13.0. The summed E-state index contributed by atoms with van der Waals surface area (Å²) in [5.74, 6) is 1.16. The molecule has 2 aliphatic rings. The predicted molar refractivity (Wildman–Crippen MR) is 95.6 cm³/mol. The van der Waals surface area contributed by atoms with Crippen LogP contribution in [0.25, 0.3) is 0 Å². The van der Waals surface area contributed by atoms with Gasteiger partial charge >= 0.3 is 0 Å². The van der Waals surface area contributed by atoms with Gasteiger partial charge in [-0.25, -0.2) is 14.4 Å². The molecule has 2 heterocycles. The van der Waals surface area contributed by atoms with Crippen LogP contribution in [0, 0.1) is 17.2 Å². The van der Waals surface area contributed by atoms with E-state index in [1.54, 1.807) is 0 Å². The molecule has 1 aliphatic heterocycles. The molecule has 2 unspecified atom stereocenters. The van der Waals surface area contributed by atoms with E-state index >= 15 is 0 Å². The number of rotatable bonds is 5. The smallest absolute Gasteiger partial charge is 0.225 e. The van der Waals surface area contributed by atoms with E-state index in [0.29, 0.717) is 11.4 Å². The highest BCUT2D eigenvalue weighted by atomic mass is 19.1. The van der Waals surface area contributed by atoms with Crippen LogP contribution in [-0.2, 0) is 0 Å². The molecule has 1 saturated heterocycles. The number of anilines is 1. The van der Waals surface area contributed by atoms with E-state index in [0.717, 1.165) is 38.1 Å². The van der Waals surface area contributed by atoms with E-state index in [2.05, 4.69) is 40.5 Å². The van der Waals surface area contributed by atoms with Crippen LogP contribution in [0.15, 0.2) is 12.4 Å². The first-order valence-corrected chi connectivity index (χ1v) is 9.52. The zero-order chi connectivity index (χ0) is 17.2. The van der Waals surface area contributed by atoms with Crippen LogP contribution in [0.5, 0.6) is 0 Å². The van der Waals surface area contributed by atoms with E-state index < -0.39 is 0 Å². The number of piperazine rings is 1. The van der Waals surface area contributed by atoms with Crippen molar-refractivity contribution in [3.05, 3.63) is 18.2 Å². The number of aromatic nitrogens is 2. The summed E-state index contributed by atoms with van der Waals surface area (Å²) in [5.41, 5.74) is 0.512. The van der Waals surface area contributed by atoms with E-state index in [-0.39, 0.29) is 5.82 Å². The molecule has 1 aromatic rings. The van der Waals surface area contributed by atoms with Gasteiger partial charge in [0.25, 0.3) is 0 Å². The van der Waals surface area contributed by atoms with Gasteiger partial charge in [-0.3, -0.25) is 4.90 Å². The standard InChI is InChI=1S/C19H31FN4/c1-4-19(3,5-2)15-6-7-17(12-15)23-8-10-24(11-9-23)18-21-13-16(20)14-22-18/h13-15,17H,4-12H2,1-3H3. The Kier molecular flexibility index (Phi) is 5.38. The Bertz CT molecular complexity index is 521. The Morgan fingerprint density at radius 3 is 2.29 bits per heavy atom. The highest BCUT2D eigenvalue weighted by molar-refractivity contribution is 5.29. The van der Waals surface area contributed by atoms with Crippen LogP contribution in [0.2, 0.25) is 0 Å². The molecule has 2 fully saturated rings. The fourth-order valence-electron chi connectivity index (χ4n) is 4.51. The van der Waals surface area contributed by atoms with Crippen molar-refractivity contribution in [2.24, 2.45) is 11.3 Å². The maximum Gasteiger partial charge on any atom is 0.225 e. The summed E-state index contributed by atoms with van der Waals surface area (Å²) in [6.07, 6.45) is 9.16. The van der Waals surface area contributed by atoms with Crippen molar-refractivity contribution in [2.45, 2.75) is 58.9 Å². The molecule has 0 spiro atoms. The summed E-state index contributed by atoms with van der Waals surface area (Å²) in [6.45, 7) is 11.2. The molecular formula is C19H31FN4. The molecule has 1 aliphatic carbocycles. The molecule has 0 amide bonds. The van der Waals surface area contributed by atoms with Crippen molar-refractivity contribution in [3.8, 4) is 0 Å². The Morgan fingerprint density at radius 2 is 1.71 bits per heavy atom. The highest BCUT2D eigenvalue weighted by Gasteiger charge is 2.39. The molecule has 1 saturated carbocycles. The average Bonchev–Trinajstić information content (AvgIpc) is 3.13. The summed E-state index contributed by atoms with van der Waals surface area (Å²) in [4.78, 5) is 13.1. The summed E-state index contributed by atoms with van der Waals surface area (Å²) in [5, 5.41) is 0. The predicted octanol–water partition coefficient (Wildman–Crippen LogP) is 3.73. The van der Waals surface area contributed by atoms with Gasteiger partial charge in [0.15, 0.2) is 5.82 Å². The Balaban J connectivity index is 1.53. The molecule has 0 N–H and O–H groups in total. The molecule has 0 aromatic carbocycles. The lowest BCUT2D eigenvalue weighted by molar-refractivity contribution is 0.142. The normalized spacial score (nSPS) is 26.1. The third-order valence-electron chi connectivity index (χ3n) is 6.73. The largest absolute Gasteiger partial charge is 0.338 e. The van der Waals surface area contributed by atoms with Crippen molar-refractivity contribution in [3.63, 3.8) is 0 Å². The Labute approximate surface area is 145 Å². The molecule has 0 bridgehead atoms. The van der Waals surface area contributed by atoms with E-state index in [4.69, 9.17) is 0 Å². The first-order chi connectivity index (χ1) is 11.6. The second kappa shape index (κ2) is 7.34. The van der Waals surface area contributed by atoms with Gasteiger partial charge < -0.3 is 4.90 Å². The Morgan fingerprint density at radius 1 is 1.08 bits per heavy atom. The van der Waals surface area contributed by atoms with Crippen LogP contribution in [0.1, 0.15) is 52.9 Å². The van der Waals surface area contributed by atoms with E-state index in [1.165, 1.54) is 44.5 Å². The lowest BCUT2D eigenvalue weighted by atomic mass is 9.72. The molecule has 2 atom stereocenters. The fourth-order valence-corrected chi connectivity index (χ4v) is 4.51. The zero-order valence-corrected chi connectivity index (χ0v) is 15.3. The van der Waals surface area contributed by atoms with Gasteiger partial charge in [-0.05, 0) is 30.6 Å². The van der Waals surface area contributed by atoms with Crippen molar-refractivity contribution in [2.75, 3.05) is 31.1 Å². The molecule has 1 aromatic heterocycles. The average molecular weight is 334 g/mol. The van der Waals surface area contributed by atoms with E-state index in [1.807, 2.05) is 0 Å².